The number of fused-ring (bicyclic) bond motifs is 1. The van der Waals surface area contributed by atoms with Crippen molar-refractivity contribution in [2.75, 3.05) is 0 Å². The Bertz CT molecular complexity index is 765. The van der Waals surface area contributed by atoms with Crippen LogP contribution in [-0.2, 0) is 17.9 Å². The van der Waals surface area contributed by atoms with Gasteiger partial charge in [-0.1, -0.05) is 42.8 Å². The molecule has 0 spiro atoms. The highest BCUT2D eigenvalue weighted by atomic mass is 79.9. The highest BCUT2D eigenvalue weighted by Crippen LogP contribution is 2.34. The fourth-order valence-electron chi connectivity index (χ4n) is 2.73. The molecule has 26 heavy (non-hydrogen) atoms. The van der Waals surface area contributed by atoms with Crippen molar-refractivity contribution in [3.8, 4) is 0 Å². The maximum Gasteiger partial charge on any atom is 0.262 e. The van der Waals surface area contributed by atoms with Gasteiger partial charge in [-0.25, -0.2) is 8.78 Å². The van der Waals surface area contributed by atoms with Crippen LogP contribution in [-0.4, -0.2) is 20.3 Å². The Morgan fingerprint density at radius 1 is 1.19 bits per heavy atom. The van der Waals surface area contributed by atoms with Crippen LogP contribution in [0.25, 0.3) is 10.9 Å². The first-order valence-electron chi connectivity index (χ1n) is 8.54. The highest BCUT2D eigenvalue weighted by molar-refractivity contribution is 9.10. The van der Waals surface area contributed by atoms with E-state index in [1.807, 2.05) is 22.8 Å². The van der Waals surface area contributed by atoms with Crippen molar-refractivity contribution in [2.24, 2.45) is 5.41 Å². The van der Waals surface area contributed by atoms with Crippen LogP contribution in [0.4, 0.5) is 8.78 Å². The Labute approximate surface area is 166 Å². The third kappa shape index (κ3) is 5.21. The molecular weight excluding hydrogens is 422 g/mol. The van der Waals surface area contributed by atoms with Gasteiger partial charge in [0.1, 0.15) is 10.8 Å². The lowest BCUT2D eigenvalue weighted by Crippen LogP contribution is -2.43. The molecule has 0 bridgehead atoms. The van der Waals surface area contributed by atoms with Gasteiger partial charge in [-0.3, -0.25) is 0 Å². The molecular formula is C19H27BrF2N2OS. The minimum atomic E-state index is -2.67. The summed E-state index contributed by atoms with van der Waals surface area (Å²) >= 11 is 1.87. The van der Waals surface area contributed by atoms with Gasteiger partial charge in [-0.15, -0.1) is 4.72 Å². The van der Waals surface area contributed by atoms with Gasteiger partial charge in [0.15, 0.2) is 0 Å². The van der Waals surface area contributed by atoms with Crippen LogP contribution < -0.4 is 4.72 Å². The molecule has 0 radical (unpaired) electrons. The summed E-state index contributed by atoms with van der Waals surface area (Å²) in [5.41, 5.74) is 1.36. The van der Waals surface area contributed by atoms with Crippen LogP contribution in [0.15, 0.2) is 28.9 Å². The van der Waals surface area contributed by atoms with Crippen molar-refractivity contribution in [1.29, 1.82) is 0 Å². The van der Waals surface area contributed by atoms with E-state index in [0.717, 1.165) is 15.4 Å². The van der Waals surface area contributed by atoms with Crippen molar-refractivity contribution in [3.63, 3.8) is 0 Å². The average molecular weight is 449 g/mol. The number of aromatic nitrogens is 1. The number of nitrogens with one attached hydrogen (secondary N) is 1. The minimum Gasteiger partial charge on any atom is -0.598 e. The summed E-state index contributed by atoms with van der Waals surface area (Å²) in [6.45, 7) is 12.3. The Morgan fingerprint density at radius 3 is 2.31 bits per heavy atom. The lowest BCUT2D eigenvalue weighted by molar-refractivity contribution is 0.109. The summed E-state index contributed by atoms with van der Waals surface area (Å²) in [6, 6.07) is 4.33. The zero-order valence-electron chi connectivity index (χ0n) is 16.1. The molecule has 0 aliphatic carbocycles. The van der Waals surface area contributed by atoms with E-state index in [1.165, 1.54) is 0 Å². The molecule has 1 aromatic heterocycles. The number of rotatable bonds is 5. The monoisotopic (exact) mass is 448 g/mol. The van der Waals surface area contributed by atoms with Crippen LogP contribution in [0.1, 0.15) is 53.1 Å². The number of nitrogens with zero attached hydrogens (tertiary/aromatic N) is 1. The Kier molecular flexibility index (Phi) is 6.48. The average Bonchev–Trinajstić information content (AvgIpc) is 2.79. The van der Waals surface area contributed by atoms with Crippen LogP contribution in [0, 0.1) is 5.41 Å². The first-order chi connectivity index (χ1) is 11.8. The van der Waals surface area contributed by atoms with Crippen molar-refractivity contribution in [3.05, 3.63) is 34.4 Å². The topological polar surface area (TPSA) is 40.0 Å². The van der Waals surface area contributed by atoms with Gasteiger partial charge in [0, 0.05) is 45.0 Å². The molecule has 7 heteroatoms. The first-order valence-corrected chi connectivity index (χ1v) is 10.5. The maximum absolute atomic E-state index is 13.9. The molecule has 1 heterocycles. The lowest BCUT2D eigenvalue weighted by atomic mass is 9.97. The molecule has 0 aliphatic heterocycles. The zero-order chi connectivity index (χ0) is 19.9. The van der Waals surface area contributed by atoms with Crippen LogP contribution in [0.3, 0.4) is 0 Å². The molecule has 0 unspecified atom stereocenters. The van der Waals surface area contributed by atoms with Gasteiger partial charge in [0.05, 0.1) is 0 Å². The molecule has 0 fully saturated rings. The van der Waals surface area contributed by atoms with E-state index in [0.29, 0.717) is 12.1 Å². The van der Waals surface area contributed by atoms with Gasteiger partial charge in [-0.05, 0) is 38.3 Å². The van der Waals surface area contributed by atoms with Gasteiger partial charge < -0.3 is 9.12 Å². The van der Waals surface area contributed by atoms with Gasteiger partial charge in [0.2, 0.25) is 0 Å². The Hall–Kier alpha value is -0.630. The first kappa shape index (κ1) is 21.7. The maximum atomic E-state index is 13.9. The molecule has 0 amide bonds. The number of halogens is 3. The van der Waals surface area contributed by atoms with Crippen LogP contribution in [0.5, 0.6) is 0 Å². The van der Waals surface area contributed by atoms with E-state index in [9.17, 15) is 13.3 Å². The number of hydrogen-bond acceptors (Lipinski definition) is 2. The number of alkyl halides is 2. The van der Waals surface area contributed by atoms with E-state index in [1.54, 1.807) is 27.0 Å². The Morgan fingerprint density at radius 2 is 1.81 bits per heavy atom. The fourth-order valence-corrected chi connectivity index (χ4v) is 3.89. The van der Waals surface area contributed by atoms with Crippen molar-refractivity contribution in [1.82, 2.24) is 9.29 Å². The van der Waals surface area contributed by atoms with Gasteiger partial charge in [0.25, 0.3) is 6.43 Å². The van der Waals surface area contributed by atoms with Gasteiger partial charge in [-0.2, -0.15) is 0 Å². The molecule has 0 saturated heterocycles. The normalized spacial score (nSPS) is 15.7. The smallest absolute Gasteiger partial charge is 0.262 e. The van der Waals surface area contributed by atoms with E-state index >= 15 is 0 Å². The summed E-state index contributed by atoms with van der Waals surface area (Å²) in [5, 5.41) is 0.751. The van der Waals surface area contributed by atoms with Crippen molar-refractivity contribution < 1.29 is 13.3 Å². The molecule has 3 nitrogen and oxygen atoms in total. The second-order valence-corrected chi connectivity index (χ2v) is 11.7. The van der Waals surface area contributed by atoms with Crippen LogP contribution in [0.2, 0.25) is 0 Å². The molecule has 0 aliphatic rings. The van der Waals surface area contributed by atoms with E-state index in [4.69, 9.17) is 0 Å². The molecule has 146 valence electrons. The van der Waals surface area contributed by atoms with E-state index in [-0.39, 0.29) is 5.41 Å². The van der Waals surface area contributed by atoms with Crippen molar-refractivity contribution >= 4 is 38.2 Å². The lowest BCUT2D eigenvalue weighted by Gasteiger charge is -2.27. The summed E-state index contributed by atoms with van der Waals surface area (Å²) in [7, 11) is 0. The molecule has 0 saturated carbocycles. The molecule has 2 aromatic rings. The molecule has 1 N–H and O–H groups in total. The number of benzene rings is 1. The molecule has 2 atom stereocenters. The second-order valence-electron chi connectivity index (χ2n) is 8.75. The second kappa shape index (κ2) is 7.78. The fraction of sp³-hybridized carbons (Fsp3) is 0.579. The summed E-state index contributed by atoms with van der Waals surface area (Å²) in [4.78, 5) is 0. The third-order valence-electron chi connectivity index (χ3n) is 3.90. The van der Waals surface area contributed by atoms with E-state index in [2.05, 4.69) is 41.4 Å². The minimum absolute atomic E-state index is 0.00643. The standard InChI is InChI=1S/C19H27BrF2N2OS/c1-18(2,3)11-24-10-14(13-8-7-12(20)9-15(13)24)16(17(21)22)23-26(25)19(4,5)6/h7-10,16-17,23H,11H2,1-6H3/t16-,26-/m0/s1. The van der Waals surface area contributed by atoms with E-state index < -0.39 is 28.6 Å². The quantitative estimate of drug-likeness (QED) is 0.586. The zero-order valence-corrected chi connectivity index (χ0v) is 18.5. The third-order valence-corrected chi connectivity index (χ3v) is 5.97. The van der Waals surface area contributed by atoms with Crippen molar-refractivity contribution in [2.45, 2.75) is 65.3 Å². The summed E-state index contributed by atoms with van der Waals surface area (Å²) < 4.78 is 45.1. The largest absolute Gasteiger partial charge is 0.598 e. The van der Waals surface area contributed by atoms with Crippen LogP contribution >= 0.6 is 15.9 Å². The predicted molar refractivity (Wildman–Crippen MR) is 109 cm³/mol. The predicted octanol–water partition coefficient (Wildman–Crippen LogP) is 5.81. The SMILES string of the molecule is CC(C)(C)Cn1cc([C@H](N[S@@+]([O-])C(C)(C)C)C(F)F)c2ccc(Br)cc21. The summed E-state index contributed by atoms with van der Waals surface area (Å²) in [6.07, 6.45) is -0.898. The Balaban J connectivity index is 2.55. The van der Waals surface area contributed by atoms with Gasteiger partial charge >= 0.3 is 0 Å². The molecule has 1 aromatic carbocycles. The highest BCUT2D eigenvalue weighted by Gasteiger charge is 2.35. The molecule has 2 rings (SSSR count). The summed E-state index contributed by atoms with van der Waals surface area (Å²) in [5.74, 6) is 0. The number of hydrogen-bond donors (Lipinski definition) is 1.